The molecule has 0 spiro atoms. The summed E-state index contributed by atoms with van der Waals surface area (Å²) in [6.45, 7) is 3.04. The Labute approximate surface area is 110 Å². The van der Waals surface area contributed by atoms with Crippen molar-refractivity contribution in [3.8, 4) is 0 Å². The van der Waals surface area contributed by atoms with Crippen molar-refractivity contribution in [2.75, 3.05) is 17.3 Å². The van der Waals surface area contributed by atoms with Crippen LogP contribution in [0.15, 0.2) is 0 Å². The van der Waals surface area contributed by atoms with E-state index in [9.17, 15) is 18.0 Å². The summed E-state index contributed by atoms with van der Waals surface area (Å²) in [6.07, 6.45) is 0.432. The molecule has 0 saturated carbocycles. The monoisotopic (exact) mass is 295 g/mol. The number of amides is 1. The number of thioether (sulfide) groups is 1. The summed E-state index contributed by atoms with van der Waals surface area (Å²) >= 11 is 1.02. The Morgan fingerprint density at radius 2 is 2.06 bits per heavy atom. The van der Waals surface area contributed by atoms with Crippen LogP contribution in [0.4, 0.5) is 0 Å². The van der Waals surface area contributed by atoms with Gasteiger partial charge in [-0.2, -0.15) is 0 Å². The Hall–Kier alpha value is -0.760. The molecule has 0 radical (unpaired) electrons. The Kier molecular flexibility index (Phi) is 4.66. The van der Waals surface area contributed by atoms with Gasteiger partial charge < -0.3 is 10.4 Å². The number of carboxylic acids is 1. The van der Waals surface area contributed by atoms with Crippen LogP contribution in [0, 0.1) is 0 Å². The predicted molar refractivity (Wildman–Crippen MR) is 69.4 cm³/mol. The lowest BCUT2D eigenvalue weighted by Gasteiger charge is -2.18. The summed E-state index contributed by atoms with van der Waals surface area (Å²) in [4.78, 5) is 22.4. The highest BCUT2D eigenvalue weighted by molar-refractivity contribution is 8.02. The minimum absolute atomic E-state index is 0.00977. The Morgan fingerprint density at radius 3 is 2.50 bits per heavy atom. The van der Waals surface area contributed by atoms with Crippen molar-refractivity contribution in [2.45, 2.75) is 31.1 Å². The average Bonchev–Trinajstić information content (AvgIpc) is 2.55. The molecule has 8 heteroatoms. The van der Waals surface area contributed by atoms with Gasteiger partial charge in [-0.3, -0.25) is 9.59 Å². The molecule has 6 nitrogen and oxygen atoms in total. The van der Waals surface area contributed by atoms with Crippen molar-refractivity contribution < 1.29 is 23.1 Å². The molecular weight excluding hydrogens is 278 g/mol. The van der Waals surface area contributed by atoms with Crippen molar-refractivity contribution in [2.24, 2.45) is 0 Å². The van der Waals surface area contributed by atoms with Gasteiger partial charge in [0.2, 0.25) is 5.91 Å². The van der Waals surface area contributed by atoms with Crippen molar-refractivity contribution in [1.29, 1.82) is 0 Å². The summed E-state index contributed by atoms with van der Waals surface area (Å²) in [5.74, 6) is -1.21. The number of carbonyl (C=O) groups excluding carboxylic acids is 1. The van der Waals surface area contributed by atoms with Crippen molar-refractivity contribution in [3.63, 3.8) is 0 Å². The van der Waals surface area contributed by atoms with E-state index in [-0.39, 0.29) is 29.2 Å². The lowest BCUT2D eigenvalue weighted by Crippen LogP contribution is -2.38. The van der Waals surface area contributed by atoms with Crippen LogP contribution in [0.5, 0.6) is 0 Å². The summed E-state index contributed by atoms with van der Waals surface area (Å²) in [7, 11) is -3.01. The third-order valence-corrected chi connectivity index (χ3v) is 5.75. The van der Waals surface area contributed by atoms with E-state index in [1.165, 1.54) is 13.8 Å². The first-order chi connectivity index (χ1) is 8.12. The van der Waals surface area contributed by atoms with Crippen molar-refractivity contribution in [1.82, 2.24) is 5.32 Å². The van der Waals surface area contributed by atoms with Gasteiger partial charge in [-0.05, 0) is 20.3 Å². The van der Waals surface area contributed by atoms with Gasteiger partial charge in [-0.15, -0.1) is 11.8 Å². The number of carboxylic acid groups (broad SMARTS) is 1. The van der Waals surface area contributed by atoms with E-state index in [1.807, 2.05) is 0 Å². The van der Waals surface area contributed by atoms with Gasteiger partial charge in [0.25, 0.3) is 0 Å². The Balaban J connectivity index is 2.38. The number of sulfone groups is 1. The van der Waals surface area contributed by atoms with Crippen LogP contribution in [-0.2, 0) is 19.4 Å². The van der Waals surface area contributed by atoms with Crippen LogP contribution in [0.2, 0.25) is 0 Å². The number of nitrogens with one attached hydrogen (secondary N) is 1. The molecule has 1 aliphatic heterocycles. The first-order valence-electron chi connectivity index (χ1n) is 5.49. The topological polar surface area (TPSA) is 101 Å². The molecule has 0 aromatic heterocycles. The zero-order chi connectivity index (χ0) is 14.0. The highest BCUT2D eigenvalue weighted by Gasteiger charge is 2.31. The smallest absolute Gasteiger partial charge is 0.319 e. The average molecular weight is 295 g/mol. The van der Waals surface area contributed by atoms with Crippen LogP contribution < -0.4 is 5.32 Å². The lowest BCUT2D eigenvalue weighted by molar-refractivity contribution is -0.138. The fourth-order valence-corrected chi connectivity index (χ4v) is 3.86. The van der Waals surface area contributed by atoms with Crippen LogP contribution in [0.3, 0.4) is 0 Å². The van der Waals surface area contributed by atoms with E-state index < -0.39 is 20.6 Å². The molecule has 2 N–H and O–H groups in total. The summed E-state index contributed by atoms with van der Waals surface area (Å²) in [5.41, 5.74) is 0. The minimum Gasteiger partial charge on any atom is -0.480 e. The molecule has 0 bridgehead atoms. The SMILES string of the molecule is CC(C)(SCC(=O)NC1CCS(=O)(=O)C1)C(=O)O. The van der Waals surface area contributed by atoms with E-state index in [0.717, 1.165) is 11.8 Å². The third-order valence-electron chi connectivity index (χ3n) is 2.68. The van der Waals surface area contributed by atoms with Gasteiger partial charge >= 0.3 is 5.97 Å². The number of carbonyl (C=O) groups is 2. The molecule has 0 aliphatic carbocycles. The molecule has 1 amide bonds. The molecule has 1 saturated heterocycles. The normalized spacial score (nSPS) is 22.7. The maximum absolute atomic E-state index is 11.6. The van der Waals surface area contributed by atoms with Crippen LogP contribution in [-0.4, -0.2) is 53.4 Å². The number of aliphatic carboxylic acids is 1. The molecule has 0 aromatic rings. The van der Waals surface area contributed by atoms with E-state index in [1.54, 1.807) is 0 Å². The van der Waals surface area contributed by atoms with Gasteiger partial charge in [0.05, 0.1) is 17.3 Å². The van der Waals surface area contributed by atoms with Gasteiger partial charge in [-0.25, -0.2) is 8.42 Å². The molecule has 18 heavy (non-hydrogen) atoms. The predicted octanol–water partition coefficient (Wildman–Crippen LogP) is -0.114. The Morgan fingerprint density at radius 1 is 1.44 bits per heavy atom. The highest BCUT2D eigenvalue weighted by Crippen LogP contribution is 2.24. The molecule has 1 atom stereocenters. The largest absolute Gasteiger partial charge is 0.480 e. The fourth-order valence-electron chi connectivity index (χ4n) is 1.49. The minimum atomic E-state index is -3.01. The molecular formula is C10H17NO5S2. The maximum atomic E-state index is 11.6. The fraction of sp³-hybridized carbons (Fsp3) is 0.800. The van der Waals surface area contributed by atoms with E-state index in [2.05, 4.69) is 5.32 Å². The quantitative estimate of drug-likeness (QED) is 0.734. The second kappa shape index (κ2) is 5.48. The molecule has 1 heterocycles. The summed E-state index contributed by atoms with van der Waals surface area (Å²) in [6, 6.07) is -0.337. The first-order valence-corrected chi connectivity index (χ1v) is 8.30. The zero-order valence-corrected chi connectivity index (χ0v) is 11.9. The highest BCUT2D eigenvalue weighted by atomic mass is 32.2. The second-order valence-corrected chi connectivity index (χ2v) is 8.60. The van der Waals surface area contributed by atoms with E-state index in [4.69, 9.17) is 5.11 Å². The van der Waals surface area contributed by atoms with E-state index in [0.29, 0.717) is 6.42 Å². The molecule has 104 valence electrons. The molecule has 1 aliphatic rings. The van der Waals surface area contributed by atoms with Crippen LogP contribution in [0.25, 0.3) is 0 Å². The Bertz CT molecular complexity index is 443. The number of hydrogen-bond donors (Lipinski definition) is 2. The van der Waals surface area contributed by atoms with Gasteiger partial charge in [-0.1, -0.05) is 0 Å². The number of rotatable bonds is 5. The molecule has 1 fully saturated rings. The lowest BCUT2D eigenvalue weighted by atomic mass is 10.2. The standard InChI is InChI=1S/C10H17NO5S2/c1-10(2,9(13)14)17-5-8(12)11-7-3-4-18(15,16)6-7/h7H,3-6H2,1-2H3,(H,11,12)(H,13,14). The zero-order valence-electron chi connectivity index (χ0n) is 10.3. The van der Waals surface area contributed by atoms with Crippen molar-refractivity contribution in [3.05, 3.63) is 0 Å². The first kappa shape index (κ1) is 15.3. The summed E-state index contributed by atoms with van der Waals surface area (Å²) in [5, 5.41) is 11.5. The van der Waals surface area contributed by atoms with Crippen molar-refractivity contribution >= 4 is 33.5 Å². The van der Waals surface area contributed by atoms with E-state index >= 15 is 0 Å². The maximum Gasteiger partial charge on any atom is 0.319 e. The molecule has 1 rings (SSSR count). The van der Waals surface area contributed by atoms with Gasteiger partial charge in [0.15, 0.2) is 9.84 Å². The third kappa shape index (κ3) is 4.49. The summed E-state index contributed by atoms with van der Waals surface area (Å²) < 4.78 is 21.4. The molecule has 0 aromatic carbocycles. The second-order valence-electron chi connectivity index (χ2n) is 4.77. The van der Waals surface area contributed by atoms with Crippen LogP contribution >= 0.6 is 11.8 Å². The van der Waals surface area contributed by atoms with Gasteiger partial charge in [0.1, 0.15) is 4.75 Å². The number of hydrogen-bond acceptors (Lipinski definition) is 5. The molecule has 1 unspecified atom stereocenters. The van der Waals surface area contributed by atoms with Gasteiger partial charge in [0, 0.05) is 6.04 Å². The van der Waals surface area contributed by atoms with Crippen LogP contribution in [0.1, 0.15) is 20.3 Å².